The van der Waals surface area contributed by atoms with Crippen LogP contribution in [0.2, 0.25) is 5.02 Å². The van der Waals surface area contributed by atoms with E-state index >= 15 is 0 Å². The molecule has 0 radical (unpaired) electrons. The van der Waals surface area contributed by atoms with Gasteiger partial charge in [0.05, 0.1) is 15.6 Å². The van der Waals surface area contributed by atoms with Gasteiger partial charge in [-0.3, -0.25) is 25.2 Å². The predicted octanol–water partition coefficient (Wildman–Crippen LogP) is 2.08. The zero-order valence-electron chi connectivity index (χ0n) is 14.6. The number of sulfonamides is 1. The fraction of sp³-hybridized carbons (Fsp3) is 0.222. The third kappa shape index (κ3) is 4.80. The van der Waals surface area contributed by atoms with Gasteiger partial charge in [0.2, 0.25) is 0 Å². The van der Waals surface area contributed by atoms with Crippen LogP contribution < -0.4 is 15.6 Å². The summed E-state index contributed by atoms with van der Waals surface area (Å²) in [5.41, 5.74) is 4.83. The van der Waals surface area contributed by atoms with Crippen molar-refractivity contribution in [1.82, 2.24) is 10.9 Å². The molecule has 148 valence electrons. The Kier molecular flexibility index (Phi) is 6.18. The topological polar surface area (TPSA) is 114 Å². The zero-order chi connectivity index (χ0) is 20.1. The monoisotopic (exact) mass is 423 g/mol. The van der Waals surface area contributed by atoms with Gasteiger partial charge >= 0.3 is 0 Å². The van der Waals surface area contributed by atoms with Gasteiger partial charge in [0.15, 0.2) is 0 Å². The average Bonchev–Trinajstić information content (AvgIpc) is 3.22. The summed E-state index contributed by atoms with van der Waals surface area (Å²) in [6, 6.07) is 11.8. The smallest absolute Gasteiger partial charge is 0.269 e. The van der Waals surface area contributed by atoms with E-state index in [-0.39, 0.29) is 21.2 Å². The number of carbonyl (C=O) groups excluding carboxylic acids is 2. The Labute approximate surface area is 167 Å². The third-order valence-electron chi connectivity index (χ3n) is 4.05. The molecule has 10 heteroatoms. The second kappa shape index (κ2) is 8.59. The van der Waals surface area contributed by atoms with E-state index in [1.54, 1.807) is 18.2 Å². The van der Waals surface area contributed by atoms with Crippen LogP contribution in [0, 0.1) is 0 Å². The number of hydrogen-bond donors (Lipinski definition) is 3. The molecule has 3 rings (SSSR count). The van der Waals surface area contributed by atoms with Crippen LogP contribution in [-0.2, 0) is 19.6 Å². The van der Waals surface area contributed by atoms with E-state index in [2.05, 4.69) is 15.6 Å². The van der Waals surface area contributed by atoms with Crippen molar-refractivity contribution >= 4 is 39.1 Å². The summed E-state index contributed by atoms with van der Waals surface area (Å²) in [6.45, 7) is 0.504. The number of para-hydroxylation sites is 1. The van der Waals surface area contributed by atoms with Gasteiger partial charge in [-0.1, -0.05) is 29.8 Å². The Morgan fingerprint density at radius 2 is 1.86 bits per heavy atom. The summed E-state index contributed by atoms with van der Waals surface area (Å²) < 4.78 is 32.8. The molecule has 2 amide bonds. The number of anilines is 1. The molecule has 1 aliphatic rings. The fourth-order valence-electron chi connectivity index (χ4n) is 2.61. The Morgan fingerprint density at radius 3 is 2.57 bits per heavy atom. The van der Waals surface area contributed by atoms with Crippen molar-refractivity contribution in [3.8, 4) is 0 Å². The largest absolute Gasteiger partial charge is 0.368 e. The van der Waals surface area contributed by atoms with Crippen LogP contribution >= 0.6 is 11.6 Å². The van der Waals surface area contributed by atoms with Crippen molar-refractivity contribution in [3.05, 3.63) is 59.1 Å². The van der Waals surface area contributed by atoms with E-state index in [1.807, 2.05) is 0 Å². The highest BCUT2D eigenvalue weighted by Crippen LogP contribution is 2.24. The SMILES string of the molecule is O=C(NNC(=O)C1CCCO1)c1cccc(S(=O)(=O)Nc2ccccc2Cl)c1. The molecule has 8 nitrogen and oxygen atoms in total. The van der Waals surface area contributed by atoms with Gasteiger partial charge in [-0.15, -0.1) is 0 Å². The van der Waals surface area contributed by atoms with E-state index in [1.165, 1.54) is 30.3 Å². The Morgan fingerprint density at radius 1 is 1.07 bits per heavy atom. The first kappa shape index (κ1) is 20.1. The molecular weight excluding hydrogens is 406 g/mol. The van der Waals surface area contributed by atoms with Gasteiger partial charge in [0, 0.05) is 12.2 Å². The van der Waals surface area contributed by atoms with Crippen LogP contribution in [0.1, 0.15) is 23.2 Å². The van der Waals surface area contributed by atoms with Crippen molar-refractivity contribution < 1.29 is 22.7 Å². The normalized spacial score (nSPS) is 16.4. The molecule has 0 spiro atoms. The summed E-state index contributed by atoms with van der Waals surface area (Å²) in [7, 11) is -3.96. The van der Waals surface area contributed by atoms with Crippen LogP contribution in [0.5, 0.6) is 0 Å². The quantitative estimate of drug-likeness (QED) is 0.637. The lowest BCUT2D eigenvalue weighted by Crippen LogP contribution is -2.46. The number of rotatable bonds is 5. The van der Waals surface area contributed by atoms with Crippen LogP contribution in [0.4, 0.5) is 5.69 Å². The Bertz CT molecular complexity index is 990. The molecule has 0 aliphatic carbocycles. The number of hydrogen-bond acceptors (Lipinski definition) is 5. The van der Waals surface area contributed by atoms with Crippen LogP contribution in [0.3, 0.4) is 0 Å². The minimum Gasteiger partial charge on any atom is -0.368 e. The van der Waals surface area contributed by atoms with Crippen molar-refractivity contribution in [1.29, 1.82) is 0 Å². The Balaban J connectivity index is 1.69. The van der Waals surface area contributed by atoms with Gasteiger partial charge in [-0.05, 0) is 43.2 Å². The molecule has 1 fully saturated rings. The van der Waals surface area contributed by atoms with Gasteiger partial charge in [-0.2, -0.15) is 0 Å². The van der Waals surface area contributed by atoms with E-state index in [0.717, 1.165) is 6.42 Å². The number of ether oxygens (including phenoxy) is 1. The molecular formula is C18H18ClN3O5S. The zero-order valence-corrected chi connectivity index (χ0v) is 16.2. The van der Waals surface area contributed by atoms with E-state index < -0.39 is 27.9 Å². The molecule has 3 N–H and O–H groups in total. The lowest BCUT2D eigenvalue weighted by molar-refractivity contribution is -0.130. The molecule has 0 aromatic heterocycles. The molecule has 1 saturated heterocycles. The van der Waals surface area contributed by atoms with Gasteiger partial charge < -0.3 is 4.74 Å². The lowest BCUT2D eigenvalue weighted by Gasteiger charge is -2.12. The van der Waals surface area contributed by atoms with Crippen LogP contribution in [0.15, 0.2) is 53.4 Å². The van der Waals surface area contributed by atoms with E-state index in [0.29, 0.717) is 13.0 Å². The number of amides is 2. The number of halogens is 1. The van der Waals surface area contributed by atoms with Gasteiger partial charge in [0.1, 0.15) is 6.10 Å². The predicted molar refractivity (Wildman–Crippen MR) is 103 cm³/mol. The van der Waals surface area contributed by atoms with Crippen molar-refractivity contribution in [3.63, 3.8) is 0 Å². The molecule has 1 atom stereocenters. The number of benzene rings is 2. The molecule has 1 aliphatic heterocycles. The first-order valence-electron chi connectivity index (χ1n) is 8.46. The minimum absolute atomic E-state index is 0.0645. The minimum atomic E-state index is -3.96. The lowest BCUT2D eigenvalue weighted by atomic mass is 10.2. The highest BCUT2D eigenvalue weighted by molar-refractivity contribution is 7.92. The summed E-state index contributed by atoms with van der Waals surface area (Å²) in [6.07, 6.45) is 0.778. The molecule has 0 saturated carbocycles. The fourth-order valence-corrected chi connectivity index (χ4v) is 3.97. The van der Waals surface area contributed by atoms with Crippen molar-refractivity contribution in [2.45, 2.75) is 23.8 Å². The first-order valence-corrected chi connectivity index (χ1v) is 10.3. The molecule has 0 bridgehead atoms. The maximum absolute atomic E-state index is 12.6. The maximum atomic E-state index is 12.6. The molecule has 28 heavy (non-hydrogen) atoms. The summed E-state index contributed by atoms with van der Waals surface area (Å²) in [5, 5.41) is 0.247. The maximum Gasteiger partial charge on any atom is 0.269 e. The second-order valence-electron chi connectivity index (χ2n) is 6.06. The second-order valence-corrected chi connectivity index (χ2v) is 8.15. The van der Waals surface area contributed by atoms with E-state index in [4.69, 9.17) is 16.3 Å². The number of hydrazine groups is 1. The number of nitrogens with one attached hydrogen (secondary N) is 3. The summed E-state index contributed by atoms with van der Waals surface area (Å²) >= 11 is 5.98. The Hall–Kier alpha value is -2.62. The van der Waals surface area contributed by atoms with Crippen molar-refractivity contribution in [2.24, 2.45) is 0 Å². The highest BCUT2D eigenvalue weighted by Gasteiger charge is 2.24. The van der Waals surface area contributed by atoms with Crippen LogP contribution in [0.25, 0.3) is 0 Å². The van der Waals surface area contributed by atoms with Gasteiger partial charge in [0.25, 0.3) is 21.8 Å². The van der Waals surface area contributed by atoms with Crippen molar-refractivity contribution in [2.75, 3.05) is 11.3 Å². The summed E-state index contributed by atoms with van der Waals surface area (Å²) in [5.74, 6) is -1.10. The molecule has 1 heterocycles. The van der Waals surface area contributed by atoms with E-state index in [9.17, 15) is 18.0 Å². The standard InChI is InChI=1S/C18H18ClN3O5S/c19-14-7-1-2-8-15(14)22-28(25,26)13-6-3-5-12(11-13)17(23)20-21-18(24)16-9-4-10-27-16/h1-3,5-8,11,16,22H,4,9-10H2,(H,20,23)(H,21,24). The molecule has 2 aromatic carbocycles. The first-order chi connectivity index (χ1) is 13.4. The molecule has 1 unspecified atom stereocenters. The third-order valence-corrected chi connectivity index (χ3v) is 5.74. The average molecular weight is 424 g/mol. The highest BCUT2D eigenvalue weighted by atomic mass is 35.5. The molecule has 2 aromatic rings. The summed E-state index contributed by atoms with van der Waals surface area (Å²) in [4.78, 5) is 24.0. The number of carbonyl (C=O) groups is 2. The van der Waals surface area contributed by atoms with Crippen LogP contribution in [-0.4, -0.2) is 32.9 Å². The van der Waals surface area contributed by atoms with Gasteiger partial charge in [-0.25, -0.2) is 8.42 Å².